The topological polar surface area (TPSA) is 105 Å². The van der Waals surface area contributed by atoms with Gasteiger partial charge in [0, 0.05) is 19.7 Å². The third kappa shape index (κ3) is 8.66. The summed E-state index contributed by atoms with van der Waals surface area (Å²) < 4.78 is 92.1. The Kier molecular flexibility index (Phi) is 11.1. The monoisotopic (exact) mass is 698 g/mol. The molecule has 3 heterocycles. The van der Waals surface area contributed by atoms with Gasteiger partial charge in [-0.1, -0.05) is 29.8 Å². The van der Waals surface area contributed by atoms with Gasteiger partial charge in [-0.15, -0.1) is 0 Å². The molecule has 15 heteroatoms. The number of rotatable bonds is 10. The number of carbonyl (C=O) groups excluding carboxylic acids is 3. The molecule has 9 nitrogen and oxygen atoms in total. The zero-order valence-corrected chi connectivity index (χ0v) is 27.1. The molecule has 0 aliphatic carbocycles. The minimum absolute atomic E-state index is 0.00160. The first kappa shape index (κ1) is 36.4. The van der Waals surface area contributed by atoms with Crippen molar-refractivity contribution in [2.24, 2.45) is 11.7 Å². The van der Waals surface area contributed by atoms with Gasteiger partial charge in [-0.2, -0.15) is 26.3 Å². The first-order valence-corrected chi connectivity index (χ1v) is 16.4. The van der Waals surface area contributed by atoms with E-state index in [1.165, 1.54) is 9.80 Å². The van der Waals surface area contributed by atoms with Crippen molar-refractivity contribution in [2.45, 2.75) is 82.7 Å². The van der Waals surface area contributed by atoms with Crippen LogP contribution in [0.2, 0.25) is 0 Å². The quantitative estimate of drug-likeness (QED) is 0.259. The Balaban J connectivity index is 1.46. The highest BCUT2D eigenvalue weighted by molar-refractivity contribution is 5.91. The second-order valence-corrected chi connectivity index (χ2v) is 12.9. The van der Waals surface area contributed by atoms with E-state index in [-0.39, 0.29) is 56.5 Å². The summed E-state index contributed by atoms with van der Waals surface area (Å²) in [6, 6.07) is 7.56. The summed E-state index contributed by atoms with van der Waals surface area (Å²) in [4.78, 5) is 46.2. The maximum Gasteiger partial charge on any atom is 0.416 e. The van der Waals surface area contributed by atoms with Crippen molar-refractivity contribution in [3.05, 3.63) is 70.3 Å². The number of hydrogen-bond acceptors (Lipinski definition) is 6. The van der Waals surface area contributed by atoms with E-state index in [2.05, 4.69) is 0 Å². The van der Waals surface area contributed by atoms with Crippen LogP contribution in [0.15, 0.2) is 42.5 Å². The van der Waals surface area contributed by atoms with Crippen LogP contribution in [0, 0.1) is 12.8 Å². The molecule has 3 fully saturated rings. The lowest BCUT2D eigenvalue weighted by Gasteiger charge is -2.54. The molecular weight excluding hydrogens is 658 g/mol. The summed E-state index contributed by atoms with van der Waals surface area (Å²) in [5, 5.41) is 0. The largest absolute Gasteiger partial charge is 0.444 e. The van der Waals surface area contributed by atoms with Crippen molar-refractivity contribution in [2.75, 3.05) is 32.8 Å². The van der Waals surface area contributed by atoms with Gasteiger partial charge in [-0.25, -0.2) is 4.79 Å². The fourth-order valence-corrected chi connectivity index (χ4v) is 6.74. The Morgan fingerprint density at radius 1 is 0.939 bits per heavy atom. The molecule has 2 N–H and O–H groups in total. The van der Waals surface area contributed by atoms with Gasteiger partial charge >= 0.3 is 18.4 Å². The molecule has 0 spiro atoms. The van der Waals surface area contributed by atoms with Crippen LogP contribution >= 0.6 is 0 Å². The summed E-state index contributed by atoms with van der Waals surface area (Å²) in [5.41, 5.74) is 3.96. The van der Waals surface area contributed by atoms with E-state index in [0.717, 1.165) is 24.0 Å². The number of aryl methyl sites for hydroxylation is 1. The van der Waals surface area contributed by atoms with Crippen LogP contribution in [0.3, 0.4) is 0 Å². The fraction of sp³-hybridized carbons (Fsp3) is 0.559. The van der Waals surface area contributed by atoms with Gasteiger partial charge in [0.15, 0.2) is 0 Å². The lowest BCUT2D eigenvalue weighted by molar-refractivity contribution is -0.174. The highest BCUT2D eigenvalue weighted by Crippen LogP contribution is 2.37. The number of hydrogen-bond donors (Lipinski definition) is 1. The van der Waals surface area contributed by atoms with Crippen LogP contribution in [0.25, 0.3) is 0 Å². The Morgan fingerprint density at radius 3 is 2.20 bits per heavy atom. The summed E-state index contributed by atoms with van der Waals surface area (Å²) in [6.45, 7) is 1.98. The SMILES string of the molecule is Cc1ccc(C[C@@H]2CN(C(=O)OCc3cc(C(F)(F)F)cc(C(F)(F)F)c3)C3CN(CC4CCCO4)C(=O)[C@H](CCCCN)N3C2=O)cc1. The minimum Gasteiger partial charge on any atom is -0.444 e. The molecule has 2 aromatic carbocycles. The number of piperazine rings is 1. The number of benzene rings is 2. The number of halogens is 6. The molecule has 0 bridgehead atoms. The average molecular weight is 699 g/mol. The first-order valence-electron chi connectivity index (χ1n) is 16.4. The highest BCUT2D eigenvalue weighted by Gasteiger charge is 2.52. The van der Waals surface area contributed by atoms with Crippen molar-refractivity contribution in [1.29, 1.82) is 0 Å². The number of ether oxygens (including phenoxy) is 2. The predicted octanol–water partition coefficient (Wildman–Crippen LogP) is 5.52. The lowest BCUT2D eigenvalue weighted by Crippen LogP contribution is -2.73. The van der Waals surface area contributed by atoms with Gasteiger partial charge in [-0.3, -0.25) is 14.5 Å². The smallest absolute Gasteiger partial charge is 0.416 e. The summed E-state index contributed by atoms with van der Waals surface area (Å²) in [5.74, 6) is -1.42. The molecule has 2 aromatic rings. The number of amides is 3. The number of nitrogens with two attached hydrogens (primary N) is 1. The molecule has 5 rings (SSSR count). The zero-order chi connectivity index (χ0) is 35.5. The van der Waals surface area contributed by atoms with E-state index < -0.39 is 59.9 Å². The number of unbranched alkanes of at least 4 members (excludes halogenated alkanes) is 1. The molecule has 3 aliphatic rings. The van der Waals surface area contributed by atoms with E-state index in [0.29, 0.717) is 38.1 Å². The third-order valence-electron chi connectivity index (χ3n) is 9.24. The van der Waals surface area contributed by atoms with E-state index >= 15 is 0 Å². The molecule has 3 aliphatic heterocycles. The van der Waals surface area contributed by atoms with Gasteiger partial charge in [-0.05, 0) is 81.3 Å². The van der Waals surface area contributed by atoms with E-state index in [1.807, 2.05) is 31.2 Å². The Bertz CT molecular complexity index is 1460. The number of nitrogens with zero attached hydrogens (tertiary/aromatic N) is 3. The van der Waals surface area contributed by atoms with Crippen molar-refractivity contribution in [1.82, 2.24) is 14.7 Å². The van der Waals surface area contributed by atoms with Crippen LogP contribution in [0.4, 0.5) is 31.1 Å². The van der Waals surface area contributed by atoms with Crippen molar-refractivity contribution in [3.8, 4) is 0 Å². The molecule has 49 heavy (non-hydrogen) atoms. The molecule has 3 amide bonds. The maximum atomic E-state index is 14.2. The van der Waals surface area contributed by atoms with Crippen molar-refractivity contribution < 1.29 is 50.2 Å². The van der Waals surface area contributed by atoms with Gasteiger partial charge in [0.05, 0.1) is 29.7 Å². The van der Waals surface area contributed by atoms with Crippen LogP contribution in [-0.2, 0) is 44.4 Å². The zero-order valence-electron chi connectivity index (χ0n) is 27.1. The Hall–Kier alpha value is -3.85. The number of alkyl halides is 6. The normalized spacial score (nSPS) is 23.2. The number of fused-ring (bicyclic) bond motifs is 1. The number of carbonyl (C=O) groups is 3. The van der Waals surface area contributed by atoms with E-state index in [4.69, 9.17) is 15.2 Å². The van der Waals surface area contributed by atoms with Crippen LogP contribution < -0.4 is 5.73 Å². The first-order chi connectivity index (χ1) is 23.2. The van der Waals surface area contributed by atoms with E-state index in [9.17, 15) is 40.7 Å². The van der Waals surface area contributed by atoms with Gasteiger partial charge < -0.3 is 25.0 Å². The Labute approximate surface area is 280 Å². The minimum atomic E-state index is -5.07. The molecule has 3 saturated heterocycles. The summed E-state index contributed by atoms with van der Waals surface area (Å²) >= 11 is 0. The molecular formula is C34H40F6N4O5. The van der Waals surface area contributed by atoms with Crippen LogP contribution in [0.5, 0.6) is 0 Å². The molecule has 0 radical (unpaired) electrons. The maximum absolute atomic E-state index is 14.2. The summed E-state index contributed by atoms with van der Waals surface area (Å²) in [7, 11) is 0. The second kappa shape index (κ2) is 15.0. The van der Waals surface area contributed by atoms with E-state index in [1.54, 1.807) is 4.90 Å². The average Bonchev–Trinajstić information content (AvgIpc) is 3.56. The van der Waals surface area contributed by atoms with Gasteiger partial charge in [0.1, 0.15) is 18.8 Å². The molecule has 4 atom stereocenters. The lowest BCUT2D eigenvalue weighted by atomic mass is 9.90. The standard InChI is InChI=1S/C34H40F6N4O5/c1-21-7-9-22(10-8-21)13-24-17-43(32(47)49-20-23-14-25(33(35,36)37)16-26(15-23)34(38,39)40)29-19-42(18-27-5-4-12-48-27)31(46)28(6-2-3-11-41)44(29)30(24)45/h7-10,14-16,24,27-29H,2-6,11-13,17-20,41H2,1H3/t24-,27?,28+,29?/m1/s1. The molecule has 2 unspecified atom stereocenters. The molecule has 0 saturated carbocycles. The Morgan fingerprint density at radius 2 is 1.61 bits per heavy atom. The third-order valence-corrected chi connectivity index (χ3v) is 9.24. The molecule has 268 valence electrons. The van der Waals surface area contributed by atoms with Crippen molar-refractivity contribution in [3.63, 3.8) is 0 Å². The highest BCUT2D eigenvalue weighted by atomic mass is 19.4. The van der Waals surface area contributed by atoms with Gasteiger partial charge in [0.2, 0.25) is 11.8 Å². The van der Waals surface area contributed by atoms with Gasteiger partial charge in [0.25, 0.3) is 0 Å². The van der Waals surface area contributed by atoms with Crippen LogP contribution in [-0.4, -0.2) is 83.7 Å². The molecule has 0 aromatic heterocycles. The second-order valence-electron chi connectivity index (χ2n) is 12.9. The predicted molar refractivity (Wildman–Crippen MR) is 165 cm³/mol. The fourth-order valence-electron chi connectivity index (χ4n) is 6.74. The van der Waals surface area contributed by atoms with Crippen LogP contribution in [0.1, 0.15) is 59.9 Å². The van der Waals surface area contributed by atoms with Crippen molar-refractivity contribution >= 4 is 17.9 Å². The summed E-state index contributed by atoms with van der Waals surface area (Å²) in [6.07, 6.45) is -9.20.